The number of hydrogen-bond acceptors (Lipinski definition) is 2. The van der Waals surface area contributed by atoms with E-state index in [1.165, 1.54) is 0 Å². The van der Waals surface area contributed by atoms with Gasteiger partial charge in [-0.25, -0.2) is 0 Å². The second kappa shape index (κ2) is 6.64. The summed E-state index contributed by atoms with van der Waals surface area (Å²) >= 11 is 0. The maximum atomic E-state index is 11.5. The minimum absolute atomic E-state index is 0.0985. The third kappa shape index (κ3) is 3.16. The lowest BCUT2D eigenvalue weighted by atomic mass is 9.80. The van der Waals surface area contributed by atoms with E-state index in [4.69, 9.17) is 0 Å². The molecule has 0 heterocycles. The van der Waals surface area contributed by atoms with Crippen LogP contribution < -0.4 is 0 Å². The van der Waals surface area contributed by atoms with Crippen molar-refractivity contribution < 1.29 is 9.59 Å². The molecule has 0 spiro atoms. The normalized spacial score (nSPS) is 13.5. The van der Waals surface area contributed by atoms with Crippen molar-refractivity contribution in [1.82, 2.24) is 0 Å². The molecule has 2 unspecified atom stereocenters. The molecular weight excluding hydrogens is 236 g/mol. The van der Waals surface area contributed by atoms with Crippen LogP contribution in [0.25, 0.3) is 0 Å². The van der Waals surface area contributed by atoms with Crippen LogP contribution in [-0.2, 0) is 9.59 Å². The molecule has 0 aliphatic heterocycles. The molecule has 2 rings (SSSR count). The zero-order valence-corrected chi connectivity index (χ0v) is 10.6. The standard InChI is InChI=1S/C17H16O2/c18-12-11-16(14-7-3-1-4-8-14)17(13-19)15-9-5-2-6-10-15/h1-10,12-13,16-17H,11H2. The zero-order chi connectivity index (χ0) is 13.5. The summed E-state index contributed by atoms with van der Waals surface area (Å²) in [5.74, 6) is -0.382. The molecule has 2 nitrogen and oxygen atoms in total. The van der Waals surface area contributed by atoms with Crippen molar-refractivity contribution in [3.63, 3.8) is 0 Å². The largest absolute Gasteiger partial charge is 0.303 e. The van der Waals surface area contributed by atoms with Gasteiger partial charge < -0.3 is 9.59 Å². The molecule has 96 valence electrons. The average molecular weight is 252 g/mol. The van der Waals surface area contributed by atoms with Gasteiger partial charge >= 0.3 is 0 Å². The fourth-order valence-corrected chi connectivity index (χ4v) is 2.37. The van der Waals surface area contributed by atoms with Gasteiger partial charge in [0.15, 0.2) is 0 Å². The van der Waals surface area contributed by atoms with E-state index in [0.29, 0.717) is 6.42 Å². The van der Waals surface area contributed by atoms with Crippen molar-refractivity contribution >= 4 is 12.6 Å². The van der Waals surface area contributed by atoms with Gasteiger partial charge in [-0.1, -0.05) is 60.7 Å². The molecule has 0 bridgehead atoms. The SMILES string of the molecule is O=CCC(c1ccccc1)C(C=O)c1ccccc1. The quantitative estimate of drug-likeness (QED) is 0.739. The molecule has 2 heteroatoms. The van der Waals surface area contributed by atoms with Crippen LogP contribution >= 0.6 is 0 Å². The Morgan fingerprint density at radius 1 is 0.789 bits per heavy atom. The van der Waals surface area contributed by atoms with Crippen LogP contribution in [-0.4, -0.2) is 12.6 Å². The third-order valence-electron chi connectivity index (χ3n) is 3.34. The summed E-state index contributed by atoms with van der Waals surface area (Å²) in [6, 6.07) is 19.3. The Kier molecular flexibility index (Phi) is 4.62. The molecule has 0 N–H and O–H groups in total. The highest BCUT2D eigenvalue weighted by molar-refractivity contribution is 5.66. The molecule has 0 amide bonds. The molecule has 0 radical (unpaired) electrons. The second-order valence-corrected chi connectivity index (χ2v) is 4.49. The smallest absolute Gasteiger partial charge is 0.128 e. The summed E-state index contributed by atoms with van der Waals surface area (Å²) in [6.07, 6.45) is 2.18. The first kappa shape index (κ1) is 13.2. The number of aldehydes is 2. The van der Waals surface area contributed by atoms with E-state index in [1.54, 1.807) is 0 Å². The summed E-state index contributed by atoms with van der Waals surface area (Å²) in [7, 11) is 0. The Balaban J connectivity index is 2.37. The van der Waals surface area contributed by atoms with Crippen LogP contribution in [0.1, 0.15) is 29.4 Å². The highest BCUT2D eigenvalue weighted by atomic mass is 16.1. The van der Waals surface area contributed by atoms with Crippen molar-refractivity contribution in [3.05, 3.63) is 71.8 Å². The van der Waals surface area contributed by atoms with E-state index in [1.807, 2.05) is 60.7 Å². The molecule has 0 saturated carbocycles. The van der Waals surface area contributed by atoms with Crippen LogP contribution in [0.2, 0.25) is 0 Å². The Bertz CT molecular complexity index is 519. The predicted molar refractivity (Wildman–Crippen MR) is 75.1 cm³/mol. The Morgan fingerprint density at radius 3 is 1.79 bits per heavy atom. The summed E-state index contributed by atoms with van der Waals surface area (Å²) < 4.78 is 0. The summed E-state index contributed by atoms with van der Waals surface area (Å²) in [5, 5.41) is 0. The second-order valence-electron chi connectivity index (χ2n) is 4.49. The number of rotatable bonds is 6. The molecule has 19 heavy (non-hydrogen) atoms. The number of benzene rings is 2. The molecule has 0 aliphatic rings. The van der Waals surface area contributed by atoms with Crippen molar-refractivity contribution in [2.24, 2.45) is 0 Å². The Labute approximate surface area is 113 Å². The van der Waals surface area contributed by atoms with Gasteiger partial charge in [-0.3, -0.25) is 0 Å². The lowest BCUT2D eigenvalue weighted by Gasteiger charge is -2.22. The van der Waals surface area contributed by atoms with E-state index < -0.39 is 0 Å². The monoisotopic (exact) mass is 252 g/mol. The summed E-state index contributed by atoms with van der Waals surface area (Å²) in [4.78, 5) is 22.4. The van der Waals surface area contributed by atoms with E-state index in [2.05, 4.69) is 0 Å². The van der Waals surface area contributed by atoms with Crippen LogP contribution in [0.3, 0.4) is 0 Å². The highest BCUT2D eigenvalue weighted by Gasteiger charge is 2.23. The van der Waals surface area contributed by atoms with E-state index in [-0.39, 0.29) is 11.8 Å². The molecule has 2 aromatic rings. The molecule has 2 atom stereocenters. The van der Waals surface area contributed by atoms with Gasteiger partial charge in [0.2, 0.25) is 0 Å². The van der Waals surface area contributed by atoms with E-state index >= 15 is 0 Å². The molecule has 0 aromatic heterocycles. The van der Waals surface area contributed by atoms with Crippen molar-refractivity contribution in [2.45, 2.75) is 18.3 Å². The molecular formula is C17H16O2. The molecule has 0 aliphatic carbocycles. The van der Waals surface area contributed by atoms with Gasteiger partial charge in [-0.15, -0.1) is 0 Å². The van der Waals surface area contributed by atoms with E-state index in [0.717, 1.165) is 23.7 Å². The van der Waals surface area contributed by atoms with Gasteiger partial charge in [0.1, 0.15) is 12.6 Å². The highest BCUT2D eigenvalue weighted by Crippen LogP contribution is 2.33. The number of carbonyl (C=O) groups is 2. The third-order valence-corrected chi connectivity index (χ3v) is 3.34. The van der Waals surface area contributed by atoms with Gasteiger partial charge in [0.25, 0.3) is 0 Å². The predicted octanol–water partition coefficient (Wildman–Crippen LogP) is 3.34. The lowest BCUT2D eigenvalue weighted by molar-refractivity contribution is -0.110. The minimum atomic E-state index is -0.284. The first-order valence-corrected chi connectivity index (χ1v) is 6.35. The molecule has 0 fully saturated rings. The fraction of sp³-hybridized carbons (Fsp3) is 0.176. The van der Waals surface area contributed by atoms with Gasteiger partial charge in [0, 0.05) is 18.3 Å². The van der Waals surface area contributed by atoms with Crippen LogP contribution in [0.4, 0.5) is 0 Å². The van der Waals surface area contributed by atoms with Crippen LogP contribution in [0.15, 0.2) is 60.7 Å². The maximum Gasteiger partial charge on any atom is 0.128 e. The minimum Gasteiger partial charge on any atom is -0.303 e. The maximum absolute atomic E-state index is 11.5. The first-order chi connectivity index (χ1) is 9.36. The summed E-state index contributed by atoms with van der Waals surface area (Å²) in [5.41, 5.74) is 1.98. The van der Waals surface area contributed by atoms with Gasteiger partial charge in [0.05, 0.1) is 0 Å². The number of hydrogen-bond donors (Lipinski definition) is 0. The average Bonchev–Trinajstić information content (AvgIpc) is 2.49. The zero-order valence-electron chi connectivity index (χ0n) is 10.6. The first-order valence-electron chi connectivity index (χ1n) is 6.35. The Morgan fingerprint density at radius 2 is 1.32 bits per heavy atom. The molecule has 2 aromatic carbocycles. The lowest BCUT2D eigenvalue weighted by Crippen LogP contribution is -2.13. The van der Waals surface area contributed by atoms with Crippen LogP contribution in [0.5, 0.6) is 0 Å². The van der Waals surface area contributed by atoms with Gasteiger partial charge in [-0.2, -0.15) is 0 Å². The van der Waals surface area contributed by atoms with Crippen molar-refractivity contribution in [2.75, 3.05) is 0 Å². The number of carbonyl (C=O) groups excluding carboxylic acids is 2. The molecule has 0 saturated heterocycles. The summed E-state index contributed by atoms with van der Waals surface area (Å²) in [6.45, 7) is 0. The Hall–Kier alpha value is -2.22. The van der Waals surface area contributed by atoms with Crippen molar-refractivity contribution in [3.8, 4) is 0 Å². The fourth-order valence-electron chi connectivity index (χ4n) is 2.37. The van der Waals surface area contributed by atoms with E-state index in [9.17, 15) is 9.59 Å². The topological polar surface area (TPSA) is 34.1 Å². The van der Waals surface area contributed by atoms with Crippen LogP contribution in [0, 0.1) is 0 Å². The van der Waals surface area contributed by atoms with Crippen molar-refractivity contribution in [1.29, 1.82) is 0 Å². The van der Waals surface area contributed by atoms with Gasteiger partial charge in [-0.05, 0) is 11.1 Å².